The smallest absolute Gasteiger partial charge is 0.161 e. The number of nitrogens with one attached hydrogen (secondary N) is 1. The Kier molecular flexibility index (Phi) is 9.30. The Morgan fingerprint density at radius 2 is 1.95 bits per heavy atom. The van der Waals surface area contributed by atoms with Crippen LogP contribution in [0.15, 0.2) is 18.2 Å². The molecule has 0 spiro atoms. The van der Waals surface area contributed by atoms with E-state index in [0.717, 1.165) is 42.4 Å². The molecule has 1 unspecified atom stereocenters. The first-order chi connectivity index (χ1) is 10.3. The van der Waals surface area contributed by atoms with E-state index in [-0.39, 0.29) is 6.61 Å². The van der Waals surface area contributed by atoms with Crippen LogP contribution in [0.25, 0.3) is 0 Å². The molecule has 1 rings (SSSR count). The number of aliphatic hydroxyl groups excluding tert-OH is 1. The van der Waals surface area contributed by atoms with Crippen molar-refractivity contribution in [1.82, 2.24) is 5.32 Å². The SMILES string of the molecule is CCC(NCCSCCCO)c1ccc(OC)c(OC)c1. The molecule has 0 aliphatic heterocycles. The summed E-state index contributed by atoms with van der Waals surface area (Å²) in [6.07, 6.45) is 1.90. The fraction of sp³-hybridized carbons (Fsp3) is 0.625. The quantitative estimate of drug-likeness (QED) is 0.615. The van der Waals surface area contributed by atoms with Gasteiger partial charge in [-0.25, -0.2) is 0 Å². The maximum atomic E-state index is 8.74. The number of hydrogen-bond acceptors (Lipinski definition) is 5. The minimum absolute atomic E-state index is 0.281. The van der Waals surface area contributed by atoms with E-state index in [4.69, 9.17) is 14.6 Å². The molecule has 0 saturated heterocycles. The van der Waals surface area contributed by atoms with Crippen LogP contribution in [0.1, 0.15) is 31.4 Å². The van der Waals surface area contributed by atoms with Crippen LogP contribution in [-0.4, -0.2) is 44.0 Å². The number of benzene rings is 1. The molecule has 1 atom stereocenters. The summed E-state index contributed by atoms with van der Waals surface area (Å²) in [6, 6.07) is 6.40. The molecule has 0 aliphatic rings. The molecule has 21 heavy (non-hydrogen) atoms. The van der Waals surface area contributed by atoms with Crippen LogP contribution in [0, 0.1) is 0 Å². The lowest BCUT2D eigenvalue weighted by molar-refractivity contribution is 0.296. The van der Waals surface area contributed by atoms with E-state index in [1.807, 2.05) is 23.9 Å². The zero-order valence-corrected chi connectivity index (χ0v) is 14.0. The summed E-state index contributed by atoms with van der Waals surface area (Å²) < 4.78 is 10.6. The second-order valence-corrected chi connectivity index (χ2v) is 5.94. The second kappa shape index (κ2) is 10.8. The van der Waals surface area contributed by atoms with Gasteiger partial charge in [-0.1, -0.05) is 13.0 Å². The summed E-state index contributed by atoms with van der Waals surface area (Å²) in [6.45, 7) is 3.42. The third-order valence-corrected chi connectivity index (χ3v) is 4.37. The van der Waals surface area contributed by atoms with Gasteiger partial charge in [-0.3, -0.25) is 0 Å². The van der Waals surface area contributed by atoms with Gasteiger partial charge in [-0.05, 0) is 36.3 Å². The molecule has 0 saturated carbocycles. The first-order valence-electron chi connectivity index (χ1n) is 7.40. The molecule has 4 nitrogen and oxygen atoms in total. The standard InChI is InChI=1S/C16H27NO3S/c1-4-14(17-8-11-21-10-5-9-18)13-6-7-15(19-2)16(12-13)20-3/h6-7,12,14,17-18H,4-5,8-11H2,1-3H3. The van der Waals surface area contributed by atoms with Crippen LogP contribution in [-0.2, 0) is 0 Å². The van der Waals surface area contributed by atoms with Crippen LogP contribution in [0.5, 0.6) is 11.5 Å². The van der Waals surface area contributed by atoms with Gasteiger partial charge in [0, 0.05) is 24.9 Å². The summed E-state index contributed by atoms with van der Waals surface area (Å²) in [5, 5.41) is 12.3. The van der Waals surface area contributed by atoms with Crippen LogP contribution in [0.2, 0.25) is 0 Å². The van der Waals surface area contributed by atoms with Gasteiger partial charge in [0.2, 0.25) is 0 Å². The van der Waals surface area contributed by atoms with E-state index in [9.17, 15) is 0 Å². The molecule has 0 bridgehead atoms. The van der Waals surface area contributed by atoms with E-state index in [0.29, 0.717) is 6.04 Å². The van der Waals surface area contributed by atoms with Crippen LogP contribution < -0.4 is 14.8 Å². The van der Waals surface area contributed by atoms with Crippen LogP contribution in [0.3, 0.4) is 0 Å². The summed E-state index contributed by atoms with van der Waals surface area (Å²) in [7, 11) is 3.31. The van der Waals surface area contributed by atoms with Crippen LogP contribution in [0.4, 0.5) is 0 Å². The largest absolute Gasteiger partial charge is 0.493 e. The van der Waals surface area contributed by atoms with Crippen molar-refractivity contribution in [2.24, 2.45) is 0 Å². The number of thioether (sulfide) groups is 1. The molecule has 0 fully saturated rings. The van der Waals surface area contributed by atoms with Gasteiger partial charge in [-0.2, -0.15) is 11.8 Å². The average molecular weight is 313 g/mol. The second-order valence-electron chi connectivity index (χ2n) is 4.72. The fourth-order valence-electron chi connectivity index (χ4n) is 2.14. The van der Waals surface area contributed by atoms with Crippen molar-refractivity contribution < 1.29 is 14.6 Å². The fourth-order valence-corrected chi connectivity index (χ4v) is 2.94. The average Bonchev–Trinajstić information content (AvgIpc) is 2.53. The van der Waals surface area contributed by atoms with Crippen molar-refractivity contribution in [2.75, 3.05) is 38.9 Å². The Hall–Kier alpha value is -0.910. The molecular formula is C16H27NO3S. The predicted molar refractivity (Wildman–Crippen MR) is 89.6 cm³/mol. The highest BCUT2D eigenvalue weighted by atomic mass is 32.2. The van der Waals surface area contributed by atoms with E-state index in [2.05, 4.69) is 18.3 Å². The van der Waals surface area contributed by atoms with Crippen molar-refractivity contribution in [2.45, 2.75) is 25.8 Å². The van der Waals surface area contributed by atoms with Crippen molar-refractivity contribution in [3.8, 4) is 11.5 Å². The molecular weight excluding hydrogens is 286 g/mol. The van der Waals surface area contributed by atoms with Gasteiger partial charge in [0.1, 0.15) is 0 Å². The van der Waals surface area contributed by atoms with Crippen molar-refractivity contribution in [3.05, 3.63) is 23.8 Å². The first-order valence-corrected chi connectivity index (χ1v) is 8.56. The topological polar surface area (TPSA) is 50.7 Å². The van der Waals surface area contributed by atoms with Crippen molar-refractivity contribution >= 4 is 11.8 Å². The van der Waals surface area contributed by atoms with E-state index in [1.54, 1.807) is 14.2 Å². The molecule has 0 heterocycles. The lowest BCUT2D eigenvalue weighted by Crippen LogP contribution is -2.23. The van der Waals surface area contributed by atoms with E-state index < -0.39 is 0 Å². The molecule has 1 aromatic carbocycles. The zero-order valence-electron chi connectivity index (χ0n) is 13.2. The molecule has 120 valence electrons. The van der Waals surface area contributed by atoms with Gasteiger partial charge < -0.3 is 19.9 Å². The van der Waals surface area contributed by atoms with Crippen molar-refractivity contribution in [1.29, 1.82) is 0 Å². The Balaban J connectivity index is 2.51. The maximum absolute atomic E-state index is 8.74. The number of hydrogen-bond donors (Lipinski definition) is 2. The molecule has 1 aromatic rings. The minimum atomic E-state index is 0.281. The summed E-state index contributed by atoms with van der Waals surface area (Å²) in [4.78, 5) is 0. The number of methoxy groups -OCH3 is 2. The monoisotopic (exact) mass is 313 g/mol. The highest BCUT2D eigenvalue weighted by Crippen LogP contribution is 2.30. The summed E-state index contributed by atoms with van der Waals surface area (Å²) >= 11 is 1.87. The molecule has 0 aromatic heterocycles. The Morgan fingerprint density at radius 1 is 1.19 bits per heavy atom. The number of ether oxygens (including phenoxy) is 2. The predicted octanol–water partition coefficient (Wildman–Crippen LogP) is 2.86. The normalized spacial score (nSPS) is 12.2. The third-order valence-electron chi connectivity index (χ3n) is 3.30. The Labute approximate surface area is 132 Å². The maximum Gasteiger partial charge on any atom is 0.161 e. The minimum Gasteiger partial charge on any atom is -0.493 e. The van der Waals surface area contributed by atoms with E-state index in [1.165, 1.54) is 5.56 Å². The number of rotatable bonds is 11. The molecule has 2 N–H and O–H groups in total. The Bertz CT molecular complexity index is 401. The molecule has 5 heteroatoms. The van der Waals surface area contributed by atoms with Gasteiger partial charge in [0.05, 0.1) is 14.2 Å². The van der Waals surface area contributed by atoms with Gasteiger partial charge in [0.15, 0.2) is 11.5 Å². The van der Waals surface area contributed by atoms with Gasteiger partial charge in [-0.15, -0.1) is 0 Å². The molecule has 0 amide bonds. The lowest BCUT2D eigenvalue weighted by atomic mass is 10.0. The van der Waals surface area contributed by atoms with Crippen molar-refractivity contribution in [3.63, 3.8) is 0 Å². The van der Waals surface area contributed by atoms with Gasteiger partial charge >= 0.3 is 0 Å². The highest BCUT2D eigenvalue weighted by Gasteiger charge is 2.12. The van der Waals surface area contributed by atoms with Gasteiger partial charge in [0.25, 0.3) is 0 Å². The first kappa shape index (κ1) is 18.1. The molecule has 0 radical (unpaired) electrons. The van der Waals surface area contributed by atoms with Crippen LogP contribution >= 0.6 is 11.8 Å². The van der Waals surface area contributed by atoms with E-state index >= 15 is 0 Å². The summed E-state index contributed by atoms with van der Waals surface area (Å²) in [5.41, 5.74) is 1.22. The number of aliphatic hydroxyl groups is 1. The molecule has 0 aliphatic carbocycles. The third kappa shape index (κ3) is 6.16. The Morgan fingerprint density at radius 3 is 2.57 bits per heavy atom. The summed E-state index contributed by atoms with van der Waals surface area (Å²) in [5.74, 6) is 3.61. The lowest BCUT2D eigenvalue weighted by Gasteiger charge is -2.19. The highest BCUT2D eigenvalue weighted by molar-refractivity contribution is 7.99. The zero-order chi connectivity index (χ0) is 15.5.